The van der Waals surface area contributed by atoms with Gasteiger partial charge in [-0.25, -0.2) is 4.79 Å². The number of hydrogen-bond acceptors (Lipinski definition) is 4. The summed E-state index contributed by atoms with van der Waals surface area (Å²) >= 11 is 5.87. The number of hydrogen-bond donors (Lipinski definition) is 1. The summed E-state index contributed by atoms with van der Waals surface area (Å²) in [6.45, 7) is 1.92. The molecule has 0 bridgehead atoms. The summed E-state index contributed by atoms with van der Waals surface area (Å²) in [4.78, 5) is 24.6. The second-order valence-corrected chi connectivity index (χ2v) is 7.84. The van der Waals surface area contributed by atoms with Gasteiger partial charge in [-0.2, -0.15) is 0 Å². The zero-order chi connectivity index (χ0) is 21.8. The molecule has 0 radical (unpaired) electrons. The van der Waals surface area contributed by atoms with Crippen molar-refractivity contribution in [3.63, 3.8) is 0 Å². The van der Waals surface area contributed by atoms with Crippen LogP contribution in [0, 0.1) is 0 Å². The second kappa shape index (κ2) is 8.66. The van der Waals surface area contributed by atoms with Crippen molar-refractivity contribution < 1.29 is 19.1 Å². The van der Waals surface area contributed by atoms with Crippen molar-refractivity contribution in [1.29, 1.82) is 0 Å². The van der Waals surface area contributed by atoms with E-state index in [2.05, 4.69) is 5.32 Å². The molecule has 31 heavy (non-hydrogen) atoms. The third-order valence-corrected chi connectivity index (χ3v) is 5.08. The van der Waals surface area contributed by atoms with Crippen LogP contribution in [-0.2, 0) is 4.74 Å². The molecule has 4 rings (SSSR count). The lowest BCUT2D eigenvalue weighted by Crippen LogP contribution is -2.38. The van der Waals surface area contributed by atoms with Crippen LogP contribution in [-0.4, -0.2) is 24.1 Å². The summed E-state index contributed by atoms with van der Waals surface area (Å²) in [6.07, 6.45) is 3.74. The molecule has 0 spiro atoms. The minimum Gasteiger partial charge on any atom is -0.479 e. The van der Waals surface area contributed by atoms with Crippen LogP contribution in [0.15, 0.2) is 78.9 Å². The fourth-order valence-electron chi connectivity index (χ4n) is 3.15. The SMILES string of the molecule is CC1(COC(=O)c2ccccc2)C=Cc2cc(NC(=O)c3ccc(Cl)cc3)ccc2O1. The number of carbonyl (C=O) groups is 2. The van der Waals surface area contributed by atoms with Crippen LogP contribution in [0.2, 0.25) is 5.02 Å². The molecule has 1 heterocycles. The van der Waals surface area contributed by atoms with Gasteiger partial charge in [-0.15, -0.1) is 0 Å². The standard InChI is InChI=1S/C25H20ClNO4/c1-25(16-30-24(29)18-5-3-2-4-6-18)14-13-19-15-21(11-12-22(19)31-25)27-23(28)17-7-9-20(26)10-8-17/h2-15H,16H2,1H3,(H,27,28). The Morgan fingerprint density at radius 2 is 1.74 bits per heavy atom. The fourth-order valence-corrected chi connectivity index (χ4v) is 3.28. The molecular weight excluding hydrogens is 414 g/mol. The fraction of sp³-hybridized carbons (Fsp3) is 0.120. The lowest BCUT2D eigenvalue weighted by Gasteiger charge is -2.31. The Morgan fingerprint density at radius 3 is 2.48 bits per heavy atom. The molecular formula is C25H20ClNO4. The van der Waals surface area contributed by atoms with Gasteiger partial charge in [0.1, 0.15) is 12.4 Å². The number of rotatable bonds is 5. The maximum atomic E-state index is 12.4. The van der Waals surface area contributed by atoms with E-state index in [1.54, 1.807) is 60.7 Å². The second-order valence-electron chi connectivity index (χ2n) is 7.40. The van der Waals surface area contributed by atoms with E-state index < -0.39 is 11.6 Å². The molecule has 1 aliphatic heterocycles. The van der Waals surface area contributed by atoms with Crippen LogP contribution in [0.3, 0.4) is 0 Å². The molecule has 3 aromatic carbocycles. The zero-order valence-electron chi connectivity index (χ0n) is 16.8. The highest BCUT2D eigenvalue weighted by atomic mass is 35.5. The number of benzene rings is 3. The molecule has 0 aliphatic carbocycles. The molecule has 1 atom stereocenters. The van der Waals surface area contributed by atoms with Gasteiger partial charge < -0.3 is 14.8 Å². The van der Waals surface area contributed by atoms with E-state index in [1.165, 1.54) is 0 Å². The molecule has 1 amide bonds. The Labute approximate surface area is 185 Å². The van der Waals surface area contributed by atoms with E-state index in [1.807, 2.05) is 31.2 Å². The predicted octanol–water partition coefficient (Wildman–Crippen LogP) is 5.61. The van der Waals surface area contributed by atoms with Crippen molar-refractivity contribution in [3.05, 3.63) is 101 Å². The van der Waals surface area contributed by atoms with Gasteiger partial charge in [-0.1, -0.05) is 35.9 Å². The quantitative estimate of drug-likeness (QED) is 0.531. The number of fused-ring (bicyclic) bond motifs is 1. The number of amides is 1. The van der Waals surface area contributed by atoms with Gasteiger partial charge in [-0.3, -0.25) is 4.79 Å². The maximum Gasteiger partial charge on any atom is 0.338 e. The first-order chi connectivity index (χ1) is 14.9. The smallest absolute Gasteiger partial charge is 0.338 e. The number of halogens is 1. The highest BCUT2D eigenvalue weighted by molar-refractivity contribution is 6.30. The van der Waals surface area contributed by atoms with Crippen molar-refractivity contribution >= 4 is 35.2 Å². The maximum absolute atomic E-state index is 12.4. The van der Waals surface area contributed by atoms with Crippen LogP contribution >= 0.6 is 11.6 Å². The third-order valence-electron chi connectivity index (χ3n) is 4.83. The Kier molecular flexibility index (Phi) is 5.78. The van der Waals surface area contributed by atoms with E-state index in [0.29, 0.717) is 27.6 Å². The molecule has 5 nitrogen and oxygen atoms in total. The van der Waals surface area contributed by atoms with Crippen molar-refractivity contribution in [2.24, 2.45) is 0 Å². The third kappa shape index (κ3) is 4.95. The molecule has 0 saturated heterocycles. The van der Waals surface area contributed by atoms with Gasteiger partial charge in [0.25, 0.3) is 5.91 Å². The van der Waals surface area contributed by atoms with Gasteiger partial charge in [0.2, 0.25) is 0 Å². The van der Waals surface area contributed by atoms with Crippen LogP contribution in [0.4, 0.5) is 5.69 Å². The summed E-state index contributed by atoms with van der Waals surface area (Å²) in [5.74, 6) is 0.0186. The molecule has 0 saturated carbocycles. The zero-order valence-corrected chi connectivity index (χ0v) is 17.6. The molecule has 0 aromatic heterocycles. The van der Waals surface area contributed by atoms with Gasteiger partial charge in [0.05, 0.1) is 5.56 Å². The van der Waals surface area contributed by atoms with Crippen LogP contribution < -0.4 is 10.1 Å². The molecule has 1 unspecified atom stereocenters. The first kappa shape index (κ1) is 20.7. The first-order valence-corrected chi connectivity index (χ1v) is 10.1. The molecule has 0 fully saturated rings. The Bertz CT molecular complexity index is 1140. The van der Waals surface area contributed by atoms with Crippen molar-refractivity contribution in [3.8, 4) is 5.75 Å². The van der Waals surface area contributed by atoms with E-state index in [-0.39, 0.29) is 12.5 Å². The normalized spacial score (nSPS) is 16.7. The summed E-state index contributed by atoms with van der Waals surface area (Å²) < 4.78 is 11.5. The number of nitrogens with one attached hydrogen (secondary N) is 1. The van der Waals surface area contributed by atoms with Crippen molar-refractivity contribution in [1.82, 2.24) is 0 Å². The lowest BCUT2D eigenvalue weighted by atomic mass is 10.0. The number of anilines is 1. The van der Waals surface area contributed by atoms with Crippen molar-refractivity contribution in [2.45, 2.75) is 12.5 Å². The molecule has 3 aromatic rings. The highest BCUT2D eigenvalue weighted by Gasteiger charge is 2.29. The topological polar surface area (TPSA) is 64.6 Å². The number of carbonyl (C=O) groups excluding carboxylic acids is 2. The van der Waals surface area contributed by atoms with Crippen LogP contribution in [0.5, 0.6) is 5.75 Å². The highest BCUT2D eigenvalue weighted by Crippen LogP contribution is 2.33. The van der Waals surface area contributed by atoms with E-state index >= 15 is 0 Å². The van der Waals surface area contributed by atoms with Gasteiger partial charge in [0.15, 0.2) is 5.60 Å². The predicted molar refractivity (Wildman–Crippen MR) is 121 cm³/mol. The molecule has 6 heteroatoms. The summed E-state index contributed by atoms with van der Waals surface area (Å²) in [5.41, 5.74) is 1.69. The average Bonchev–Trinajstić information content (AvgIpc) is 2.79. The molecule has 1 N–H and O–H groups in total. The monoisotopic (exact) mass is 433 g/mol. The molecule has 156 valence electrons. The molecule has 1 aliphatic rings. The Hall–Kier alpha value is -3.57. The van der Waals surface area contributed by atoms with Gasteiger partial charge in [-0.05, 0) is 67.6 Å². The Balaban J connectivity index is 1.41. The van der Waals surface area contributed by atoms with Crippen LogP contribution in [0.25, 0.3) is 6.08 Å². The lowest BCUT2D eigenvalue weighted by molar-refractivity contribution is 0.0139. The summed E-state index contributed by atoms with van der Waals surface area (Å²) in [7, 11) is 0. The van der Waals surface area contributed by atoms with Crippen LogP contribution in [0.1, 0.15) is 33.2 Å². The Morgan fingerprint density at radius 1 is 1.00 bits per heavy atom. The summed E-state index contributed by atoms with van der Waals surface area (Å²) in [6, 6.07) is 20.9. The van der Waals surface area contributed by atoms with E-state index in [9.17, 15) is 9.59 Å². The number of esters is 1. The largest absolute Gasteiger partial charge is 0.479 e. The minimum atomic E-state index is -0.786. The minimum absolute atomic E-state index is 0.0751. The average molecular weight is 434 g/mol. The van der Waals surface area contributed by atoms with Gasteiger partial charge >= 0.3 is 5.97 Å². The first-order valence-electron chi connectivity index (χ1n) is 9.73. The summed E-state index contributed by atoms with van der Waals surface area (Å²) in [5, 5.41) is 3.44. The van der Waals surface area contributed by atoms with E-state index in [0.717, 1.165) is 5.56 Å². The van der Waals surface area contributed by atoms with Crippen molar-refractivity contribution in [2.75, 3.05) is 11.9 Å². The number of ether oxygens (including phenoxy) is 2. The van der Waals surface area contributed by atoms with E-state index in [4.69, 9.17) is 21.1 Å². The van der Waals surface area contributed by atoms with Gasteiger partial charge in [0, 0.05) is 21.8 Å².